The van der Waals surface area contributed by atoms with E-state index in [2.05, 4.69) is 0 Å². The van der Waals surface area contributed by atoms with Crippen LogP contribution in [-0.4, -0.2) is 101 Å². The standard InChI is InChI=1S/C19H35NO8.C2H6.2CH4/c1-12-17(24)18(25)15(10-21)28-19(12)27-7-5-3-4-6-16(23)20-9-14(22)8-13(20)11-26-2;1-2;;/h12-15,17-19,21-22,24-25H,3-11H2,1-2H3;1-2H3;2*1H4/t12?,13-,14+,15?,17+,18-,19+;;;/m0.../s1. The molecule has 2 fully saturated rings. The van der Waals surface area contributed by atoms with E-state index in [1.165, 1.54) is 0 Å². The molecular weight excluding hydrogens is 418 g/mol. The Morgan fingerprint density at radius 1 is 1.09 bits per heavy atom. The maximum absolute atomic E-state index is 12.4. The summed E-state index contributed by atoms with van der Waals surface area (Å²) in [4.78, 5) is 14.1. The topological polar surface area (TPSA) is 129 Å². The molecule has 2 heterocycles. The average Bonchev–Trinajstić information content (AvgIpc) is 3.12. The van der Waals surface area contributed by atoms with E-state index in [0.29, 0.717) is 32.6 Å². The van der Waals surface area contributed by atoms with Gasteiger partial charge in [-0.15, -0.1) is 0 Å². The number of unbranched alkanes of at least 4 members (excludes halogenated alkanes) is 2. The van der Waals surface area contributed by atoms with Crippen LogP contribution in [0.2, 0.25) is 0 Å². The molecule has 9 heteroatoms. The van der Waals surface area contributed by atoms with Crippen molar-refractivity contribution in [1.82, 2.24) is 4.90 Å². The van der Waals surface area contributed by atoms with Crippen LogP contribution in [0.3, 0.4) is 0 Å². The molecular formula is C23H49NO8. The third-order valence-corrected chi connectivity index (χ3v) is 5.58. The van der Waals surface area contributed by atoms with Crippen molar-refractivity contribution in [1.29, 1.82) is 0 Å². The Morgan fingerprint density at radius 2 is 1.75 bits per heavy atom. The van der Waals surface area contributed by atoms with Crippen LogP contribution in [0.15, 0.2) is 0 Å². The van der Waals surface area contributed by atoms with Crippen LogP contribution in [0.4, 0.5) is 0 Å². The average molecular weight is 468 g/mol. The first-order valence-electron chi connectivity index (χ1n) is 11.1. The molecule has 0 aromatic rings. The molecule has 0 aromatic carbocycles. The zero-order chi connectivity index (χ0) is 22.7. The Labute approximate surface area is 194 Å². The molecule has 0 radical (unpaired) electrons. The van der Waals surface area contributed by atoms with E-state index in [1.807, 2.05) is 13.8 Å². The number of methoxy groups -OCH3 is 1. The number of amides is 1. The van der Waals surface area contributed by atoms with Gasteiger partial charge in [-0.2, -0.15) is 0 Å². The van der Waals surface area contributed by atoms with Gasteiger partial charge in [-0.1, -0.05) is 42.0 Å². The lowest BCUT2D eigenvalue weighted by Crippen LogP contribution is -2.55. The van der Waals surface area contributed by atoms with Crippen LogP contribution in [0.1, 0.15) is 67.7 Å². The number of aliphatic hydroxyl groups excluding tert-OH is 4. The number of rotatable bonds is 10. The highest BCUT2D eigenvalue weighted by atomic mass is 16.7. The van der Waals surface area contributed by atoms with Gasteiger partial charge in [-0.25, -0.2) is 0 Å². The van der Waals surface area contributed by atoms with E-state index in [4.69, 9.17) is 14.2 Å². The Kier molecular flexibility index (Phi) is 18.4. The van der Waals surface area contributed by atoms with Crippen LogP contribution in [0, 0.1) is 5.92 Å². The highest BCUT2D eigenvalue weighted by Gasteiger charge is 2.42. The molecule has 0 bridgehead atoms. The van der Waals surface area contributed by atoms with Gasteiger partial charge in [-0.05, 0) is 19.3 Å². The number of ether oxygens (including phenoxy) is 3. The predicted molar refractivity (Wildman–Crippen MR) is 124 cm³/mol. The summed E-state index contributed by atoms with van der Waals surface area (Å²) in [6.07, 6.45) is -0.936. The van der Waals surface area contributed by atoms with Gasteiger partial charge >= 0.3 is 0 Å². The summed E-state index contributed by atoms with van der Waals surface area (Å²) in [5.41, 5.74) is 0. The molecule has 194 valence electrons. The highest BCUT2D eigenvalue weighted by Crippen LogP contribution is 2.27. The number of hydrogen-bond acceptors (Lipinski definition) is 8. The van der Waals surface area contributed by atoms with Crippen molar-refractivity contribution in [2.45, 2.75) is 104 Å². The molecule has 2 saturated heterocycles. The van der Waals surface area contributed by atoms with Crippen molar-refractivity contribution in [2.24, 2.45) is 5.92 Å². The molecule has 0 aromatic heterocycles. The molecule has 2 aliphatic rings. The number of β-amino-alcohol motifs (C(OH)–C–C–N with tert-alkyl or cyclic N) is 1. The Morgan fingerprint density at radius 3 is 2.34 bits per heavy atom. The number of nitrogens with zero attached hydrogens (tertiary/aromatic N) is 1. The van der Waals surface area contributed by atoms with Crippen LogP contribution in [0.25, 0.3) is 0 Å². The number of hydrogen-bond donors (Lipinski definition) is 4. The summed E-state index contributed by atoms with van der Waals surface area (Å²) in [5, 5.41) is 38.8. The molecule has 4 N–H and O–H groups in total. The molecule has 0 spiro atoms. The van der Waals surface area contributed by atoms with Crippen LogP contribution < -0.4 is 0 Å². The fourth-order valence-electron chi connectivity index (χ4n) is 3.86. The fourth-order valence-corrected chi connectivity index (χ4v) is 3.86. The van der Waals surface area contributed by atoms with Gasteiger partial charge < -0.3 is 39.5 Å². The van der Waals surface area contributed by atoms with Crippen LogP contribution in [-0.2, 0) is 19.0 Å². The molecule has 2 unspecified atom stereocenters. The smallest absolute Gasteiger partial charge is 0.222 e. The van der Waals surface area contributed by atoms with Crippen molar-refractivity contribution < 1.29 is 39.4 Å². The maximum Gasteiger partial charge on any atom is 0.222 e. The summed E-state index contributed by atoms with van der Waals surface area (Å²) in [5.74, 6) is -0.370. The molecule has 9 nitrogen and oxygen atoms in total. The summed E-state index contributed by atoms with van der Waals surface area (Å²) >= 11 is 0. The fraction of sp³-hybridized carbons (Fsp3) is 0.957. The van der Waals surface area contributed by atoms with E-state index in [1.54, 1.807) is 18.9 Å². The summed E-state index contributed by atoms with van der Waals surface area (Å²) < 4.78 is 16.3. The number of likely N-dealkylation sites (tertiary alicyclic amines) is 1. The van der Waals surface area contributed by atoms with Crippen molar-refractivity contribution in [2.75, 3.05) is 33.5 Å². The van der Waals surface area contributed by atoms with Gasteiger partial charge in [0.15, 0.2) is 6.29 Å². The van der Waals surface area contributed by atoms with Crippen molar-refractivity contribution in [3.63, 3.8) is 0 Å². The first kappa shape index (κ1) is 33.4. The molecule has 0 aliphatic carbocycles. The van der Waals surface area contributed by atoms with Crippen molar-refractivity contribution >= 4 is 5.91 Å². The first-order chi connectivity index (χ1) is 14.4. The first-order valence-corrected chi connectivity index (χ1v) is 11.1. The number of carbonyl (C=O) groups is 1. The van der Waals surface area contributed by atoms with Crippen molar-refractivity contribution in [3.8, 4) is 0 Å². The summed E-state index contributed by atoms with van der Waals surface area (Å²) in [6, 6.07) is -0.0537. The largest absolute Gasteiger partial charge is 0.394 e. The highest BCUT2D eigenvalue weighted by molar-refractivity contribution is 5.76. The minimum absolute atomic E-state index is 0. The number of carbonyl (C=O) groups excluding carboxylic acids is 1. The third-order valence-electron chi connectivity index (χ3n) is 5.58. The third kappa shape index (κ3) is 9.59. The molecule has 2 aliphatic heterocycles. The Balaban J connectivity index is 0. The molecule has 32 heavy (non-hydrogen) atoms. The minimum atomic E-state index is -1.13. The monoisotopic (exact) mass is 467 g/mol. The van der Waals surface area contributed by atoms with Crippen molar-refractivity contribution in [3.05, 3.63) is 0 Å². The Hall–Kier alpha value is -0.810. The lowest BCUT2D eigenvalue weighted by molar-refractivity contribution is -0.282. The summed E-state index contributed by atoms with van der Waals surface area (Å²) in [6.45, 7) is 6.55. The van der Waals surface area contributed by atoms with Gasteiger partial charge in [0.2, 0.25) is 5.91 Å². The quantitative estimate of drug-likeness (QED) is 0.356. The maximum atomic E-state index is 12.4. The van der Waals surface area contributed by atoms with Gasteiger partial charge in [0.1, 0.15) is 12.2 Å². The lowest BCUT2D eigenvalue weighted by Gasteiger charge is -2.40. The summed E-state index contributed by atoms with van der Waals surface area (Å²) in [7, 11) is 1.59. The van der Waals surface area contributed by atoms with E-state index in [-0.39, 0.29) is 33.4 Å². The normalized spacial score (nSPS) is 31.8. The zero-order valence-corrected chi connectivity index (χ0v) is 18.8. The molecule has 7 atom stereocenters. The minimum Gasteiger partial charge on any atom is -0.394 e. The second-order valence-electron chi connectivity index (χ2n) is 7.79. The van der Waals surface area contributed by atoms with Gasteiger partial charge in [0, 0.05) is 32.6 Å². The van der Waals surface area contributed by atoms with E-state index >= 15 is 0 Å². The van der Waals surface area contributed by atoms with Crippen LogP contribution in [0.5, 0.6) is 0 Å². The SMILES string of the molecule is C.C.CC.COC[C@@H]1C[C@@H](O)CN1C(=O)CCCCCO[C@@H]1OC(CO)[C@H](O)[C@H](O)C1C. The lowest BCUT2D eigenvalue weighted by atomic mass is 9.92. The van der Waals surface area contributed by atoms with Gasteiger partial charge in [0.25, 0.3) is 0 Å². The molecule has 1 amide bonds. The molecule has 2 rings (SSSR count). The van der Waals surface area contributed by atoms with E-state index in [0.717, 1.165) is 19.3 Å². The Bertz CT molecular complexity index is 479. The van der Waals surface area contributed by atoms with Gasteiger partial charge in [-0.3, -0.25) is 4.79 Å². The second kappa shape index (κ2) is 17.6. The van der Waals surface area contributed by atoms with Crippen LogP contribution >= 0.6 is 0 Å². The predicted octanol–water partition coefficient (Wildman–Crippen LogP) is 1.55. The second-order valence-corrected chi connectivity index (χ2v) is 7.79. The number of aliphatic hydroxyl groups is 4. The van der Waals surface area contributed by atoms with E-state index in [9.17, 15) is 25.2 Å². The van der Waals surface area contributed by atoms with Gasteiger partial charge in [0.05, 0.1) is 31.5 Å². The molecule has 0 saturated carbocycles. The van der Waals surface area contributed by atoms with E-state index < -0.39 is 36.6 Å². The zero-order valence-electron chi connectivity index (χ0n) is 18.8.